The minimum absolute atomic E-state index is 0.111. The van der Waals surface area contributed by atoms with Crippen LogP contribution in [-0.2, 0) is 0 Å². The fraction of sp³-hybridized carbons (Fsp3) is 0. The summed E-state index contributed by atoms with van der Waals surface area (Å²) in [5.74, 6) is -4.08. The third-order valence-corrected chi connectivity index (χ3v) is 2.67. The van der Waals surface area contributed by atoms with Gasteiger partial charge in [-0.1, -0.05) is 23.6 Å². The summed E-state index contributed by atoms with van der Waals surface area (Å²) < 4.78 is 0. The lowest BCUT2D eigenvalue weighted by molar-refractivity contribution is -0.269. The second-order valence-electron chi connectivity index (χ2n) is 4.17. The molecule has 112 valence electrons. The molecule has 0 bridgehead atoms. The molecule has 0 aromatic heterocycles. The van der Waals surface area contributed by atoms with Crippen molar-refractivity contribution < 1.29 is 30.0 Å². The zero-order valence-electron chi connectivity index (χ0n) is 10.9. The normalized spacial score (nSPS) is 10.7. The number of azo groups is 1. The van der Waals surface area contributed by atoms with Gasteiger partial charge in [-0.15, -0.1) is 0 Å². The number of hydrogen-bond acceptors (Lipinski definition) is 6. The lowest BCUT2D eigenvalue weighted by atomic mass is 10.2. The molecule has 0 unspecified atom stereocenters. The Balaban J connectivity index is 2.33. The van der Waals surface area contributed by atoms with E-state index in [1.165, 1.54) is 12.1 Å². The quantitative estimate of drug-likeness (QED) is 0.821. The first-order valence-electron chi connectivity index (χ1n) is 5.89. The van der Waals surface area contributed by atoms with E-state index in [4.69, 9.17) is 10.2 Å². The largest absolute Gasteiger partial charge is 0.872 e. The fourth-order valence-electron chi connectivity index (χ4n) is 1.61. The highest BCUT2D eigenvalue weighted by molar-refractivity contribution is 5.92. The predicted octanol–water partition coefficient (Wildman–Crippen LogP) is 1.65. The first kappa shape index (κ1) is 15.0. The van der Waals surface area contributed by atoms with Crippen LogP contribution in [0.1, 0.15) is 20.7 Å². The zero-order chi connectivity index (χ0) is 16.3. The van der Waals surface area contributed by atoms with Gasteiger partial charge in [-0.25, -0.2) is 9.59 Å². The van der Waals surface area contributed by atoms with Gasteiger partial charge in [0.2, 0.25) is 0 Å². The molecule has 0 saturated carbocycles. The van der Waals surface area contributed by atoms with Gasteiger partial charge in [0.15, 0.2) is 0 Å². The Morgan fingerprint density at radius 2 is 1.14 bits per heavy atom. The van der Waals surface area contributed by atoms with Crippen molar-refractivity contribution in [2.45, 2.75) is 0 Å². The molecule has 2 N–H and O–H groups in total. The number of aromatic carboxylic acids is 2. The molecule has 0 heterocycles. The first-order valence-corrected chi connectivity index (χ1v) is 5.89. The van der Waals surface area contributed by atoms with Crippen molar-refractivity contribution in [3.63, 3.8) is 0 Å². The van der Waals surface area contributed by atoms with E-state index in [2.05, 4.69) is 10.2 Å². The summed E-state index contributed by atoms with van der Waals surface area (Å²) in [6, 6.07) is 6.74. The Morgan fingerprint density at radius 3 is 1.45 bits per heavy atom. The second kappa shape index (κ2) is 5.92. The van der Waals surface area contributed by atoms with Crippen LogP contribution in [0.15, 0.2) is 46.6 Å². The van der Waals surface area contributed by atoms with E-state index in [9.17, 15) is 19.8 Å². The van der Waals surface area contributed by atoms with Gasteiger partial charge in [0.05, 0.1) is 22.5 Å². The van der Waals surface area contributed by atoms with Gasteiger partial charge in [0.25, 0.3) is 0 Å². The fourth-order valence-corrected chi connectivity index (χ4v) is 1.61. The lowest BCUT2D eigenvalue weighted by Gasteiger charge is -2.10. The van der Waals surface area contributed by atoms with Crippen molar-refractivity contribution in [1.29, 1.82) is 0 Å². The van der Waals surface area contributed by atoms with Crippen LogP contribution in [0.4, 0.5) is 11.4 Å². The number of carbonyl (C=O) groups is 2. The molecule has 2 aromatic carbocycles. The molecule has 0 atom stereocenters. The van der Waals surface area contributed by atoms with Crippen molar-refractivity contribution in [2.75, 3.05) is 0 Å². The molecule has 2 rings (SSSR count). The maximum Gasteiger partial charge on any atom is 0.335 e. The number of carboxylic acids is 2. The van der Waals surface area contributed by atoms with Crippen LogP contribution in [0.25, 0.3) is 0 Å². The van der Waals surface area contributed by atoms with E-state index in [-0.39, 0.29) is 11.4 Å². The van der Waals surface area contributed by atoms with Gasteiger partial charge in [-0.05, 0) is 24.3 Å². The summed E-state index contributed by atoms with van der Waals surface area (Å²) in [6.07, 6.45) is 0. The molecule has 0 saturated heterocycles. The molecule has 2 aromatic rings. The smallest absolute Gasteiger partial charge is 0.335 e. The molecule has 0 amide bonds. The van der Waals surface area contributed by atoms with E-state index in [0.29, 0.717) is 0 Å². The molecule has 0 spiro atoms. The SMILES string of the molecule is O=C(O)c1cc(N=Nc2ccc([O-])c(C(=O)O)c2)ccc1[O-]. The second-order valence-corrected chi connectivity index (χ2v) is 4.17. The van der Waals surface area contributed by atoms with E-state index in [0.717, 1.165) is 24.3 Å². The van der Waals surface area contributed by atoms with Crippen LogP contribution >= 0.6 is 0 Å². The number of hydrogen-bond donors (Lipinski definition) is 2. The molecule has 22 heavy (non-hydrogen) atoms. The van der Waals surface area contributed by atoms with Crippen molar-refractivity contribution in [3.05, 3.63) is 47.5 Å². The van der Waals surface area contributed by atoms with E-state index < -0.39 is 34.6 Å². The van der Waals surface area contributed by atoms with Gasteiger partial charge in [0.1, 0.15) is 0 Å². The van der Waals surface area contributed by atoms with Gasteiger partial charge in [-0.2, -0.15) is 10.2 Å². The molecule has 0 fully saturated rings. The highest BCUT2D eigenvalue weighted by Crippen LogP contribution is 2.25. The van der Waals surface area contributed by atoms with Gasteiger partial charge >= 0.3 is 11.9 Å². The highest BCUT2D eigenvalue weighted by atomic mass is 16.4. The molecule has 0 aliphatic rings. The van der Waals surface area contributed by atoms with Crippen LogP contribution in [0.5, 0.6) is 11.5 Å². The Bertz CT molecular complexity index is 719. The number of benzene rings is 2. The van der Waals surface area contributed by atoms with Crippen LogP contribution in [0.2, 0.25) is 0 Å². The topological polar surface area (TPSA) is 145 Å². The average molecular weight is 300 g/mol. The Kier molecular flexibility index (Phi) is 4.03. The number of carboxylic acid groups (broad SMARTS) is 2. The van der Waals surface area contributed by atoms with Crippen LogP contribution < -0.4 is 10.2 Å². The summed E-state index contributed by atoms with van der Waals surface area (Å²) in [7, 11) is 0. The third-order valence-electron chi connectivity index (χ3n) is 2.67. The Labute approximate surface area is 123 Å². The summed E-state index contributed by atoms with van der Waals surface area (Å²) in [4.78, 5) is 21.7. The molecule has 8 heteroatoms. The Morgan fingerprint density at radius 1 is 0.773 bits per heavy atom. The van der Waals surface area contributed by atoms with E-state index in [1.54, 1.807) is 0 Å². The first-order chi connectivity index (χ1) is 10.4. The zero-order valence-corrected chi connectivity index (χ0v) is 10.9. The number of nitrogens with zero attached hydrogens (tertiary/aromatic N) is 2. The third kappa shape index (κ3) is 3.18. The van der Waals surface area contributed by atoms with E-state index >= 15 is 0 Å². The van der Waals surface area contributed by atoms with Gasteiger partial charge in [-0.3, -0.25) is 0 Å². The average Bonchev–Trinajstić information content (AvgIpc) is 2.47. The van der Waals surface area contributed by atoms with Crippen LogP contribution in [0, 0.1) is 0 Å². The maximum absolute atomic E-state index is 11.3. The molecule has 0 aliphatic heterocycles. The molecule has 0 aliphatic carbocycles. The monoisotopic (exact) mass is 300 g/mol. The van der Waals surface area contributed by atoms with E-state index in [1.807, 2.05) is 0 Å². The van der Waals surface area contributed by atoms with Gasteiger partial charge in [0, 0.05) is 0 Å². The van der Waals surface area contributed by atoms with Crippen molar-refractivity contribution in [2.24, 2.45) is 10.2 Å². The molecular weight excluding hydrogens is 292 g/mol. The minimum Gasteiger partial charge on any atom is -0.872 e. The standard InChI is InChI=1S/C14H10N2O6/c17-11-3-1-7(5-9(11)13(19)20)15-16-8-2-4-12(18)10(6-8)14(21)22/h1-6,17-18H,(H,19,20)(H,21,22)/p-2. The molecule has 8 nitrogen and oxygen atoms in total. The maximum atomic E-state index is 11.3. The van der Waals surface area contributed by atoms with Crippen LogP contribution in [0.3, 0.4) is 0 Å². The summed E-state index contributed by atoms with van der Waals surface area (Å²) in [5, 5.41) is 47.7. The molecule has 0 radical (unpaired) electrons. The van der Waals surface area contributed by atoms with Gasteiger partial charge < -0.3 is 20.4 Å². The number of rotatable bonds is 4. The minimum atomic E-state index is -1.38. The predicted molar refractivity (Wildman–Crippen MR) is 69.9 cm³/mol. The Hall–Kier alpha value is -3.42. The van der Waals surface area contributed by atoms with Crippen LogP contribution in [-0.4, -0.2) is 22.2 Å². The van der Waals surface area contributed by atoms with Crippen molar-refractivity contribution in [3.8, 4) is 11.5 Å². The summed E-state index contributed by atoms with van der Waals surface area (Å²) >= 11 is 0. The lowest BCUT2D eigenvalue weighted by Crippen LogP contribution is -2.03. The van der Waals surface area contributed by atoms with Crippen molar-refractivity contribution in [1.82, 2.24) is 0 Å². The summed E-state index contributed by atoms with van der Waals surface area (Å²) in [5.41, 5.74) is -0.671. The molecular formula is C14H8N2O6-2. The highest BCUT2D eigenvalue weighted by Gasteiger charge is 2.06. The van der Waals surface area contributed by atoms with Crippen molar-refractivity contribution >= 4 is 23.3 Å². The summed E-state index contributed by atoms with van der Waals surface area (Å²) in [6.45, 7) is 0.